The minimum atomic E-state index is -0.329. The van der Waals surface area contributed by atoms with Crippen LogP contribution in [0.2, 0.25) is 0 Å². The molecule has 2 heteroatoms. The van der Waals surface area contributed by atoms with E-state index in [0.29, 0.717) is 12.8 Å². The zero-order valence-electron chi connectivity index (χ0n) is 9.08. The summed E-state index contributed by atoms with van der Waals surface area (Å²) in [5.41, 5.74) is 2.29. The number of benzene rings is 1. The molecule has 1 unspecified atom stereocenters. The average Bonchev–Trinajstić information content (AvgIpc) is 2.31. The summed E-state index contributed by atoms with van der Waals surface area (Å²) in [7, 11) is 0. The number of aliphatic hydroxyl groups is 1. The Balaban J connectivity index is 1.92. The van der Waals surface area contributed by atoms with Gasteiger partial charge in [0, 0.05) is 12.4 Å². The fraction of sp³-hybridized carbons (Fsp3) is 0.214. The Bertz CT molecular complexity index is 372. The molecule has 0 amide bonds. The van der Waals surface area contributed by atoms with Crippen molar-refractivity contribution in [1.29, 1.82) is 0 Å². The van der Waals surface area contributed by atoms with Gasteiger partial charge in [0.2, 0.25) is 0 Å². The minimum absolute atomic E-state index is 0.329. The molecule has 0 aliphatic carbocycles. The highest BCUT2D eigenvalue weighted by atomic mass is 16.3. The summed E-state index contributed by atoms with van der Waals surface area (Å²) in [6.45, 7) is 0. The van der Waals surface area contributed by atoms with Gasteiger partial charge in [0.05, 0.1) is 6.10 Å². The molecule has 2 rings (SSSR count). The standard InChI is InChI=1S/C14H15NO/c16-14(10-12-4-2-1-3-5-12)11-13-6-8-15-9-7-13/h1-9,14,16H,10-11H2. The van der Waals surface area contributed by atoms with Gasteiger partial charge >= 0.3 is 0 Å². The van der Waals surface area contributed by atoms with Crippen LogP contribution < -0.4 is 0 Å². The third-order valence-electron chi connectivity index (χ3n) is 2.53. The topological polar surface area (TPSA) is 33.1 Å². The molecule has 0 bridgehead atoms. The molecule has 82 valence electrons. The summed E-state index contributed by atoms with van der Waals surface area (Å²) in [6, 6.07) is 13.9. The van der Waals surface area contributed by atoms with Crippen molar-refractivity contribution in [3.63, 3.8) is 0 Å². The number of nitrogens with zero attached hydrogens (tertiary/aromatic N) is 1. The van der Waals surface area contributed by atoms with Crippen molar-refractivity contribution in [2.75, 3.05) is 0 Å². The summed E-state index contributed by atoms with van der Waals surface area (Å²) in [4.78, 5) is 3.96. The van der Waals surface area contributed by atoms with Crippen LogP contribution in [-0.2, 0) is 12.8 Å². The number of pyridine rings is 1. The van der Waals surface area contributed by atoms with E-state index >= 15 is 0 Å². The average molecular weight is 213 g/mol. The van der Waals surface area contributed by atoms with Gasteiger partial charge < -0.3 is 5.11 Å². The van der Waals surface area contributed by atoms with Crippen LogP contribution in [0, 0.1) is 0 Å². The maximum absolute atomic E-state index is 9.94. The van der Waals surface area contributed by atoms with Gasteiger partial charge in [-0.05, 0) is 36.1 Å². The number of hydrogen-bond acceptors (Lipinski definition) is 2. The fourth-order valence-electron chi connectivity index (χ4n) is 1.75. The molecule has 2 aromatic rings. The Morgan fingerprint density at radius 1 is 0.875 bits per heavy atom. The monoisotopic (exact) mass is 213 g/mol. The summed E-state index contributed by atoms with van der Waals surface area (Å²) < 4.78 is 0. The van der Waals surface area contributed by atoms with Crippen LogP contribution in [0.15, 0.2) is 54.9 Å². The van der Waals surface area contributed by atoms with Crippen molar-refractivity contribution >= 4 is 0 Å². The predicted octanol–water partition coefficient (Wildman–Crippen LogP) is 2.23. The summed E-state index contributed by atoms with van der Waals surface area (Å²) >= 11 is 0. The Labute approximate surface area is 95.6 Å². The highest BCUT2D eigenvalue weighted by molar-refractivity contribution is 5.17. The van der Waals surface area contributed by atoms with E-state index in [4.69, 9.17) is 0 Å². The van der Waals surface area contributed by atoms with Crippen molar-refractivity contribution in [3.05, 3.63) is 66.0 Å². The molecule has 0 aliphatic heterocycles. The zero-order valence-corrected chi connectivity index (χ0v) is 9.08. The zero-order chi connectivity index (χ0) is 11.2. The molecular weight excluding hydrogens is 198 g/mol. The van der Waals surface area contributed by atoms with Crippen molar-refractivity contribution in [2.45, 2.75) is 18.9 Å². The van der Waals surface area contributed by atoms with Gasteiger partial charge in [0.25, 0.3) is 0 Å². The van der Waals surface area contributed by atoms with Gasteiger partial charge in [0.15, 0.2) is 0 Å². The molecule has 0 radical (unpaired) electrons. The lowest BCUT2D eigenvalue weighted by molar-refractivity contribution is 0.175. The molecule has 1 aromatic heterocycles. The van der Waals surface area contributed by atoms with E-state index in [1.807, 2.05) is 42.5 Å². The first kappa shape index (κ1) is 10.8. The molecule has 1 aromatic carbocycles. The molecule has 1 N–H and O–H groups in total. The minimum Gasteiger partial charge on any atom is -0.392 e. The molecule has 0 saturated heterocycles. The second-order valence-electron chi connectivity index (χ2n) is 3.90. The molecular formula is C14H15NO. The third-order valence-corrected chi connectivity index (χ3v) is 2.53. The third kappa shape index (κ3) is 3.17. The van der Waals surface area contributed by atoms with Crippen LogP contribution in [0.5, 0.6) is 0 Å². The van der Waals surface area contributed by atoms with Crippen LogP contribution in [-0.4, -0.2) is 16.2 Å². The summed E-state index contributed by atoms with van der Waals surface area (Å²) in [6.07, 6.45) is 4.56. The van der Waals surface area contributed by atoms with E-state index < -0.39 is 0 Å². The molecule has 0 fully saturated rings. The largest absolute Gasteiger partial charge is 0.392 e. The fourth-order valence-corrected chi connectivity index (χ4v) is 1.75. The molecule has 0 saturated carbocycles. The van der Waals surface area contributed by atoms with E-state index in [1.54, 1.807) is 12.4 Å². The lowest BCUT2D eigenvalue weighted by atomic mass is 10.0. The van der Waals surface area contributed by atoms with Gasteiger partial charge in [-0.3, -0.25) is 4.98 Å². The summed E-state index contributed by atoms with van der Waals surface area (Å²) in [5, 5.41) is 9.94. The number of rotatable bonds is 4. The van der Waals surface area contributed by atoms with Gasteiger partial charge in [-0.15, -0.1) is 0 Å². The maximum Gasteiger partial charge on any atom is 0.0620 e. The van der Waals surface area contributed by atoms with Crippen molar-refractivity contribution in [1.82, 2.24) is 4.98 Å². The highest BCUT2D eigenvalue weighted by Gasteiger charge is 2.06. The van der Waals surface area contributed by atoms with Crippen LogP contribution in [0.25, 0.3) is 0 Å². The van der Waals surface area contributed by atoms with Gasteiger partial charge in [-0.25, -0.2) is 0 Å². The van der Waals surface area contributed by atoms with Crippen molar-refractivity contribution in [2.24, 2.45) is 0 Å². The smallest absolute Gasteiger partial charge is 0.0620 e. The van der Waals surface area contributed by atoms with Gasteiger partial charge in [-0.1, -0.05) is 30.3 Å². The molecule has 1 atom stereocenters. The van der Waals surface area contributed by atoms with Crippen LogP contribution in [0.1, 0.15) is 11.1 Å². The predicted molar refractivity (Wildman–Crippen MR) is 64.1 cm³/mol. The second-order valence-corrected chi connectivity index (χ2v) is 3.90. The van der Waals surface area contributed by atoms with Gasteiger partial charge in [0.1, 0.15) is 0 Å². The Kier molecular flexibility index (Phi) is 3.67. The van der Waals surface area contributed by atoms with Crippen molar-refractivity contribution in [3.8, 4) is 0 Å². The summed E-state index contributed by atoms with van der Waals surface area (Å²) in [5.74, 6) is 0. The quantitative estimate of drug-likeness (QED) is 0.844. The van der Waals surface area contributed by atoms with E-state index in [1.165, 1.54) is 5.56 Å². The molecule has 16 heavy (non-hydrogen) atoms. The Morgan fingerprint density at radius 2 is 1.44 bits per heavy atom. The van der Waals surface area contributed by atoms with E-state index in [2.05, 4.69) is 4.98 Å². The number of aromatic nitrogens is 1. The van der Waals surface area contributed by atoms with Crippen molar-refractivity contribution < 1.29 is 5.11 Å². The van der Waals surface area contributed by atoms with E-state index in [0.717, 1.165) is 5.56 Å². The Hall–Kier alpha value is -1.67. The normalized spacial score (nSPS) is 12.3. The first-order chi connectivity index (χ1) is 7.84. The van der Waals surface area contributed by atoms with E-state index in [-0.39, 0.29) is 6.10 Å². The SMILES string of the molecule is OC(Cc1ccccc1)Cc1ccncc1. The highest BCUT2D eigenvalue weighted by Crippen LogP contribution is 2.08. The molecule has 0 aliphatic rings. The second kappa shape index (κ2) is 5.42. The first-order valence-electron chi connectivity index (χ1n) is 5.45. The number of hydrogen-bond donors (Lipinski definition) is 1. The van der Waals surface area contributed by atoms with Crippen LogP contribution in [0.3, 0.4) is 0 Å². The lowest BCUT2D eigenvalue weighted by Crippen LogP contribution is -2.13. The van der Waals surface area contributed by atoms with Crippen LogP contribution >= 0.6 is 0 Å². The van der Waals surface area contributed by atoms with E-state index in [9.17, 15) is 5.11 Å². The maximum atomic E-state index is 9.94. The molecule has 0 spiro atoms. The molecule has 1 heterocycles. The molecule has 2 nitrogen and oxygen atoms in total. The first-order valence-corrected chi connectivity index (χ1v) is 5.45. The lowest BCUT2D eigenvalue weighted by Gasteiger charge is -2.10. The van der Waals surface area contributed by atoms with Gasteiger partial charge in [-0.2, -0.15) is 0 Å². The van der Waals surface area contributed by atoms with Crippen LogP contribution in [0.4, 0.5) is 0 Å². The number of aliphatic hydroxyl groups excluding tert-OH is 1. The Morgan fingerprint density at radius 3 is 2.06 bits per heavy atom.